The molecule has 0 heterocycles. The van der Waals surface area contributed by atoms with Gasteiger partial charge in [-0.25, -0.2) is 9.59 Å². The van der Waals surface area contributed by atoms with Crippen molar-refractivity contribution in [1.29, 1.82) is 0 Å². The summed E-state index contributed by atoms with van der Waals surface area (Å²) in [5.41, 5.74) is 0. The van der Waals surface area contributed by atoms with Crippen LogP contribution in [0.2, 0.25) is 0 Å². The second-order valence-electron chi connectivity index (χ2n) is 3.60. The molecule has 0 saturated heterocycles. The molecule has 6 heteroatoms. The summed E-state index contributed by atoms with van der Waals surface area (Å²) in [6.45, 7) is 0.638. The molecule has 0 aromatic heterocycles. The lowest BCUT2D eigenvalue weighted by molar-refractivity contribution is -0.147. The molecule has 1 aliphatic carbocycles. The Morgan fingerprint density at radius 1 is 1.47 bits per heavy atom. The molecule has 0 radical (unpaired) electrons. The molecule has 2 amide bonds. The molecule has 1 unspecified atom stereocenters. The highest BCUT2D eigenvalue weighted by Gasteiger charge is 2.22. The molecule has 1 atom stereocenters. The van der Waals surface area contributed by atoms with E-state index in [9.17, 15) is 9.59 Å². The maximum Gasteiger partial charge on any atom is 0.334 e. The molecule has 0 spiro atoms. The lowest BCUT2D eigenvalue weighted by Gasteiger charge is -2.11. The predicted octanol–water partition coefficient (Wildman–Crippen LogP) is -0.205. The van der Waals surface area contributed by atoms with Crippen molar-refractivity contribution < 1.29 is 19.4 Å². The largest absolute Gasteiger partial charge is 0.479 e. The summed E-state index contributed by atoms with van der Waals surface area (Å²) in [6.07, 6.45) is 1.34. The van der Waals surface area contributed by atoms with E-state index in [2.05, 4.69) is 15.4 Å². The standard InChI is InChI=1S/C9H16N2O4/c1-15-7(8(12)13)5-11-9(14)10-4-6-2-3-6/h6-7H,2-5H2,1H3,(H,12,13)(H2,10,11,14). The van der Waals surface area contributed by atoms with Crippen LogP contribution < -0.4 is 10.6 Å². The molecule has 0 aliphatic heterocycles. The minimum atomic E-state index is -1.08. The van der Waals surface area contributed by atoms with E-state index < -0.39 is 12.1 Å². The van der Waals surface area contributed by atoms with Gasteiger partial charge in [-0.15, -0.1) is 0 Å². The van der Waals surface area contributed by atoms with Gasteiger partial charge in [-0.3, -0.25) is 0 Å². The number of carboxylic acid groups (broad SMARTS) is 1. The first-order chi connectivity index (χ1) is 7.13. The fraction of sp³-hybridized carbons (Fsp3) is 0.778. The van der Waals surface area contributed by atoms with Crippen molar-refractivity contribution in [3.63, 3.8) is 0 Å². The Morgan fingerprint density at radius 2 is 2.13 bits per heavy atom. The molecular weight excluding hydrogens is 200 g/mol. The number of hydrogen-bond donors (Lipinski definition) is 3. The van der Waals surface area contributed by atoms with E-state index >= 15 is 0 Å². The van der Waals surface area contributed by atoms with Gasteiger partial charge in [-0.1, -0.05) is 0 Å². The van der Waals surface area contributed by atoms with E-state index in [4.69, 9.17) is 5.11 Å². The highest BCUT2D eigenvalue weighted by molar-refractivity contribution is 5.76. The van der Waals surface area contributed by atoms with E-state index in [1.807, 2.05) is 0 Å². The SMILES string of the molecule is COC(CNC(=O)NCC1CC1)C(=O)O. The number of hydrogen-bond acceptors (Lipinski definition) is 3. The minimum Gasteiger partial charge on any atom is -0.479 e. The summed E-state index contributed by atoms with van der Waals surface area (Å²) < 4.78 is 4.66. The average molecular weight is 216 g/mol. The summed E-state index contributed by atoms with van der Waals surface area (Å²) in [6, 6.07) is -0.342. The van der Waals surface area contributed by atoms with Crippen LogP contribution in [0.1, 0.15) is 12.8 Å². The molecule has 1 rings (SSSR count). The van der Waals surface area contributed by atoms with E-state index in [1.165, 1.54) is 7.11 Å². The Hall–Kier alpha value is -1.30. The number of methoxy groups -OCH3 is 1. The molecule has 1 fully saturated rings. The van der Waals surface area contributed by atoms with Gasteiger partial charge in [0, 0.05) is 13.7 Å². The second-order valence-corrected chi connectivity index (χ2v) is 3.60. The van der Waals surface area contributed by atoms with Gasteiger partial charge in [-0.2, -0.15) is 0 Å². The Balaban J connectivity index is 2.10. The molecule has 1 saturated carbocycles. The van der Waals surface area contributed by atoms with Gasteiger partial charge in [0.2, 0.25) is 0 Å². The normalized spacial score (nSPS) is 16.9. The van der Waals surface area contributed by atoms with Crippen molar-refractivity contribution in [2.75, 3.05) is 20.2 Å². The number of urea groups is 1. The van der Waals surface area contributed by atoms with Gasteiger partial charge in [0.15, 0.2) is 6.10 Å². The monoisotopic (exact) mass is 216 g/mol. The van der Waals surface area contributed by atoms with Gasteiger partial charge in [-0.05, 0) is 18.8 Å². The van der Waals surface area contributed by atoms with Crippen molar-refractivity contribution in [2.24, 2.45) is 5.92 Å². The smallest absolute Gasteiger partial charge is 0.334 e. The van der Waals surface area contributed by atoms with Crippen LogP contribution in [0.15, 0.2) is 0 Å². The van der Waals surface area contributed by atoms with E-state index in [-0.39, 0.29) is 12.6 Å². The van der Waals surface area contributed by atoms with E-state index in [0.717, 1.165) is 12.8 Å². The Kier molecular flexibility index (Phi) is 4.36. The third-order valence-electron chi connectivity index (χ3n) is 2.26. The highest BCUT2D eigenvalue weighted by Crippen LogP contribution is 2.27. The number of carboxylic acids is 1. The van der Waals surface area contributed by atoms with Crippen LogP contribution in [0.4, 0.5) is 4.79 Å². The number of carbonyl (C=O) groups excluding carboxylic acids is 1. The van der Waals surface area contributed by atoms with Gasteiger partial charge < -0.3 is 20.5 Å². The van der Waals surface area contributed by atoms with Crippen molar-refractivity contribution >= 4 is 12.0 Å². The third-order valence-corrected chi connectivity index (χ3v) is 2.26. The highest BCUT2D eigenvalue weighted by atomic mass is 16.5. The number of amides is 2. The predicted molar refractivity (Wildman–Crippen MR) is 52.6 cm³/mol. The zero-order valence-corrected chi connectivity index (χ0v) is 8.66. The molecule has 6 nitrogen and oxygen atoms in total. The zero-order valence-electron chi connectivity index (χ0n) is 8.66. The van der Waals surface area contributed by atoms with Crippen molar-refractivity contribution in [3.8, 4) is 0 Å². The van der Waals surface area contributed by atoms with Crippen molar-refractivity contribution in [3.05, 3.63) is 0 Å². The van der Waals surface area contributed by atoms with Crippen molar-refractivity contribution in [1.82, 2.24) is 10.6 Å². The Labute approximate surface area is 88.0 Å². The van der Waals surface area contributed by atoms with E-state index in [1.54, 1.807) is 0 Å². The average Bonchev–Trinajstić information content (AvgIpc) is 2.98. The topological polar surface area (TPSA) is 87.7 Å². The molecule has 86 valence electrons. The van der Waals surface area contributed by atoms with Crippen LogP contribution in [0.5, 0.6) is 0 Å². The first kappa shape index (κ1) is 11.8. The van der Waals surface area contributed by atoms with Gasteiger partial charge in [0.1, 0.15) is 0 Å². The third kappa shape index (κ3) is 4.64. The number of rotatable bonds is 6. The van der Waals surface area contributed by atoms with Crippen LogP contribution >= 0.6 is 0 Å². The van der Waals surface area contributed by atoms with Crippen LogP contribution in [-0.2, 0) is 9.53 Å². The molecule has 15 heavy (non-hydrogen) atoms. The van der Waals surface area contributed by atoms with Crippen molar-refractivity contribution in [2.45, 2.75) is 18.9 Å². The van der Waals surface area contributed by atoms with E-state index in [0.29, 0.717) is 12.5 Å². The van der Waals surface area contributed by atoms with Gasteiger partial charge >= 0.3 is 12.0 Å². The lowest BCUT2D eigenvalue weighted by Crippen LogP contribution is -2.43. The van der Waals surface area contributed by atoms with Gasteiger partial charge in [0.05, 0.1) is 6.54 Å². The molecule has 3 N–H and O–H groups in total. The van der Waals surface area contributed by atoms with Crippen LogP contribution in [0.25, 0.3) is 0 Å². The lowest BCUT2D eigenvalue weighted by atomic mass is 10.3. The van der Waals surface area contributed by atoms with Gasteiger partial charge in [0.25, 0.3) is 0 Å². The van der Waals surface area contributed by atoms with Crippen LogP contribution in [0, 0.1) is 5.92 Å². The summed E-state index contributed by atoms with van der Waals surface area (Å²) in [7, 11) is 1.29. The fourth-order valence-corrected chi connectivity index (χ4v) is 1.08. The summed E-state index contributed by atoms with van der Waals surface area (Å²) in [5, 5.41) is 13.7. The quantitative estimate of drug-likeness (QED) is 0.573. The minimum absolute atomic E-state index is 0.0255. The first-order valence-electron chi connectivity index (χ1n) is 4.90. The zero-order chi connectivity index (χ0) is 11.3. The number of aliphatic carboxylic acids is 1. The maximum absolute atomic E-state index is 11.1. The number of ether oxygens (including phenoxy) is 1. The number of nitrogens with one attached hydrogen (secondary N) is 2. The Morgan fingerprint density at radius 3 is 2.60 bits per heavy atom. The first-order valence-corrected chi connectivity index (χ1v) is 4.90. The second kappa shape index (κ2) is 5.55. The van der Waals surface area contributed by atoms with Crippen LogP contribution in [-0.4, -0.2) is 43.4 Å². The molecule has 0 bridgehead atoms. The summed E-state index contributed by atoms with van der Waals surface area (Å²) >= 11 is 0. The number of carbonyl (C=O) groups is 2. The molecule has 1 aliphatic rings. The van der Waals surface area contributed by atoms with Crippen LogP contribution in [0.3, 0.4) is 0 Å². The Bertz CT molecular complexity index is 240. The molecule has 0 aromatic carbocycles. The fourth-order valence-electron chi connectivity index (χ4n) is 1.08. The molecular formula is C9H16N2O4. The summed E-state index contributed by atoms with van der Waals surface area (Å²) in [4.78, 5) is 21.7. The summed E-state index contributed by atoms with van der Waals surface area (Å²) in [5.74, 6) is -0.478. The molecule has 0 aromatic rings. The maximum atomic E-state index is 11.1.